The van der Waals surface area contributed by atoms with Crippen molar-refractivity contribution in [2.75, 3.05) is 13.2 Å². The number of aliphatic hydroxyl groups excluding tert-OH is 1. The van der Waals surface area contributed by atoms with Crippen LogP contribution in [0.1, 0.15) is 25.0 Å². The van der Waals surface area contributed by atoms with Crippen molar-refractivity contribution >= 4 is 0 Å². The molecule has 0 bridgehead atoms. The summed E-state index contributed by atoms with van der Waals surface area (Å²) in [4.78, 5) is 0. The number of nitrogens with zero attached hydrogens (tertiary/aromatic N) is 1. The molecule has 0 aliphatic rings. The van der Waals surface area contributed by atoms with Gasteiger partial charge in [0, 0.05) is 0 Å². The van der Waals surface area contributed by atoms with Gasteiger partial charge >= 0.3 is 0 Å². The highest BCUT2D eigenvalue weighted by Crippen LogP contribution is 2.18. The molecule has 1 rings (SSSR count). The van der Waals surface area contributed by atoms with E-state index in [1.807, 2.05) is 20.8 Å². The number of ether oxygens (including phenoxy) is 2. The molecule has 98 valence electrons. The maximum Gasteiger partial charge on any atom is 0.122 e. The van der Waals surface area contributed by atoms with E-state index in [1.54, 1.807) is 18.2 Å². The molecular formula is C14H19NO3. The maximum atomic E-state index is 9.65. The lowest BCUT2D eigenvalue weighted by Crippen LogP contribution is -2.25. The summed E-state index contributed by atoms with van der Waals surface area (Å²) in [6, 6.07) is 7.26. The Morgan fingerprint density at radius 3 is 2.61 bits per heavy atom. The van der Waals surface area contributed by atoms with Gasteiger partial charge in [-0.25, -0.2) is 0 Å². The zero-order valence-corrected chi connectivity index (χ0v) is 11.0. The van der Waals surface area contributed by atoms with Crippen molar-refractivity contribution in [2.24, 2.45) is 0 Å². The second kappa shape index (κ2) is 7.00. The summed E-state index contributed by atoms with van der Waals surface area (Å²) in [5.41, 5.74) is 1.48. The van der Waals surface area contributed by atoms with Gasteiger partial charge in [0.1, 0.15) is 18.5 Å². The summed E-state index contributed by atoms with van der Waals surface area (Å²) in [6.07, 6.45) is -0.557. The first-order valence-corrected chi connectivity index (χ1v) is 5.96. The molecule has 1 unspecified atom stereocenters. The van der Waals surface area contributed by atoms with Crippen LogP contribution >= 0.6 is 0 Å². The molecule has 0 amide bonds. The maximum absolute atomic E-state index is 9.65. The summed E-state index contributed by atoms with van der Waals surface area (Å²) < 4.78 is 10.8. The highest BCUT2D eigenvalue weighted by Gasteiger charge is 2.08. The van der Waals surface area contributed by atoms with Gasteiger partial charge in [0.15, 0.2) is 0 Å². The zero-order valence-electron chi connectivity index (χ0n) is 11.0. The Morgan fingerprint density at radius 1 is 1.33 bits per heavy atom. The van der Waals surface area contributed by atoms with Crippen molar-refractivity contribution in [1.29, 1.82) is 5.26 Å². The lowest BCUT2D eigenvalue weighted by Gasteiger charge is -2.15. The van der Waals surface area contributed by atoms with E-state index in [-0.39, 0.29) is 19.3 Å². The van der Waals surface area contributed by atoms with Gasteiger partial charge in [0.05, 0.1) is 24.3 Å². The van der Waals surface area contributed by atoms with E-state index in [1.165, 1.54) is 0 Å². The van der Waals surface area contributed by atoms with Crippen LogP contribution in [-0.4, -0.2) is 30.5 Å². The fourth-order valence-electron chi connectivity index (χ4n) is 1.42. The van der Waals surface area contributed by atoms with Crippen LogP contribution in [0.25, 0.3) is 0 Å². The molecule has 0 spiro atoms. The molecule has 0 heterocycles. The molecule has 0 aliphatic heterocycles. The molecule has 1 N–H and O–H groups in total. The van der Waals surface area contributed by atoms with Crippen molar-refractivity contribution in [1.82, 2.24) is 0 Å². The van der Waals surface area contributed by atoms with Crippen LogP contribution in [0, 0.1) is 18.3 Å². The molecule has 4 nitrogen and oxygen atoms in total. The van der Waals surface area contributed by atoms with Crippen molar-refractivity contribution in [3.8, 4) is 11.8 Å². The van der Waals surface area contributed by atoms with Gasteiger partial charge < -0.3 is 14.6 Å². The van der Waals surface area contributed by atoms with Gasteiger partial charge in [-0.05, 0) is 44.5 Å². The molecule has 1 aromatic carbocycles. The third kappa shape index (κ3) is 4.74. The van der Waals surface area contributed by atoms with Crippen molar-refractivity contribution < 1.29 is 14.6 Å². The third-order valence-corrected chi connectivity index (χ3v) is 2.36. The second-order valence-corrected chi connectivity index (χ2v) is 4.44. The van der Waals surface area contributed by atoms with Crippen molar-refractivity contribution in [3.05, 3.63) is 29.3 Å². The van der Waals surface area contributed by atoms with Crippen molar-refractivity contribution in [2.45, 2.75) is 33.0 Å². The molecule has 0 saturated heterocycles. The van der Waals surface area contributed by atoms with E-state index in [0.29, 0.717) is 11.3 Å². The van der Waals surface area contributed by atoms with E-state index in [9.17, 15) is 5.11 Å². The first-order valence-electron chi connectivity index (χ1n) is 5.96. The molecule has 0 aromatic heterocycles. The monoisotopic (exact) mass is 249 g/mol. The van der Waals surface area contributed by atoms with E-state index < -0.39 is 6.10 Å². The Bertz CT molecular complexity index is 424. The average molecular weight is 249 g/mol. The van der Waals surface area contributed by atoms with Crippen LogP contribution < -0.4 is 4.74 Å². The summed E-state index contributed by atoms with van der Waals surface area (Å²) in [5, 5.41) is 18.4. The molecule has 0 fully saturated rings. The zero-order chi connectivity index (χ0) is 13.5. The number of aliphatic hydroxyl groups is 1. The fraction of sp³-hybridized carbons (Fsp3) is 0.500. The van der Waals surface area contributed by atoms with Gasteiger partial charge in [-0.2, -0.15) is 5.26 Å². The van der Waals surface area contributed by atoms with Gasteiger partial charge in [-0.1, -0.05) is 0 Å². The summed E-state index contributed by atoms with van der Waals surface area (Å²) in [6.45, 7) is 6.14. The van der Waals surface area contributed by atoms with Crippen LogP contribution in [0.4, 0.5) is 0 Å². The number of rotatable bonds is 6. The first kappa shape index (κ1) is 14.5. The van der Waals surface area contributed by atoms with Gasteiger partial charge in [-0.3, -0.25) is 0 Å². The minimum Gasteiger partial charge on any atom is -0.491 e. The van der Waals surface area contributed by atoms with Crippen LogP contribution in [0.5, 0.6) is 5.75 Å². The number of hydrogen-bond acceptors (Lipinski definition) is 4. The van der Waals surface area contributed by atoms with Crippen LogP contribution in [0.15, 0.2) is 18.2 Å². The highest BCUT2D eigenvalue weighted by molar-refractivity contribution is 5.41. The Labute approximate surface area is 108 Å². The second-order valence-electron chi connectivity index (χ2n) is 4.44. The quantitative estimate of drug-likeness (QED) is 0.838. The normalized spacial score (nSPS) is 12.2. The minimum absolute atomic E-state index is 0.0938. The fourth-order valence-corrected chi connectivity index (χ4v) is 1.42. The molecule has 0 saturated carbocycles. The molecule has 18 heavy (non-hydrogen) atoms. The van der Waals surface area contributed by atoms with Crippen LogP contribution in [-0.2, 0) is 4.74 Å². The van der Waals surface area contributed by atoms with Crippen LogP contribution in [0.2, 0.25) is 0 Å². The Morgan fingerprint density at radius 2 is 2.06 bits per heavy atom. The van der Waals surface area contributed by atoms with Crippen LogP contribution in [0.3, 0.4) is 0 Å². The van der Waals surface area contributed by atoms with Gasteiger partial charge in [-0.15, -0.1) is 0 Å². The smallest absolute Gasteiger partial charge is 0.122 e. The van der Waals surface area contributed by atoms with E-state index >= 15 is 0 Å². The third-order valence-electron chi connectivity index (χ3n) is 2.36. The lowest BCUT2D eigenvalue weighted by atomic mass is 10.1. The van der Waals surface area contributed by atoms with E-state index in [0.717, 1.165) is 5.56 Å². The molecule has 0 radical (unpaired) electrons. The van der Waals surface area contributed by atoms with E-state index in [2.05, 4.69) is 6.07 Å². The minimum atomic E-state index is -0.651. The Hall–Kier alpha value is -1.57. The predicted octanol–water partition coefficient (Wildman–Crippen LogP) is 2.03. The Balaban J connectivity index is 2.46. The number of nitriles is 1. The molecular weight excluding hydrogens is 230 g/mol. The Kier molecular flexibility index (Phi) is 5.63. The van der Waals surface area contributed by atoms with Crippen molar-refractivity contribution in [3.63, 3.8) is 0 Å². The SMILES string of the molecule is Cc1cc(C#N)ccc1OCC(O)COC(C)C. The number of benzene rings is 1. The topological polar surface area (TPSA) is 62.5 Å². The van der Waals surface area contributed by atoms with Gasteiger partial charge in [0.2, 0.25) is 0 Å². The largest absolute Gasteiger partial charge is 0.491 e. The highest BCUT2D eigenvalue weighted by atomic mass is 16.5. The lowest BCUT2D eigenvalue weighted by molar-refractivity contribution is -0.0123. The summed E-state index contributed by atoms with van der Waals surface area (Å²) in [7, 11) is 0. The molecule has 0 aliphatic carbocycles. The predicted molar refractivity (Wildman–Crippen MR) is 68.5 cm³/mol. The molecule has 4 heteroatoms. The number of aryl methyl sites for hydroxylation is 1. The summed E-state index contributed by atoms with van der Waals surface area (Å²) >= 11 is 0. The molecule has 1 atom stereocenters. The van der Waals surface area contributed by atoms with E-state index in [4.69, 9.17) is 14.7 Å². The van der Waals surface area contributed by atoms with Gasteiger partial charge in [0.25, 0.3) is 0 Å². The standard InChI is InChI=1S/C14H19NO3/c1-10(2)17-8-13(16)9-18-14-5-4-12(7-15)6-11(14)3/h4-6,10,13,16H,8-9H2,1-3H3. The average Bonchev–Trinajstić information content (AvgIpc) is 2.34. The number of hydrogen-bond donors (Lipinski definition) is 1. The first-order chi connectivity index (χ1) is 8.52. The summed E-state index contributed by atoms with van der Waals surface area (Å²) in [5.74, 6) is 0.678. The molecule has 1 aromatic rings.